The summed E-state index contributed by atoms with van der Waals surface area (Å²) in [4.78, 5) is 0. The lowest BCUT2D eigenvalue weighted by Crippen LogP contribution is -2.23. The van der Waals surface area contributed by atoms with E-state index in [1.54, 1.807) is 0 Å². The normalized spacial score (nSPS) is 22.1. The van der Waals surface area contributed by atoms with Crippen molar-refractivity contribution in [2.24, 2.45) is 5.41 Å². The van der Waals surface area contributed by atoms with Crippen molar-refractivity contribution in [1.29, 1.82) is 0 Å². The zero-order valence-electron chi connectivity index (χ0n) is 11.3. The van der Waals surface area contributed by atoms with Gasteiger partial charge in [-0.2, -0.15) is 0 Å². The van der Waals surface area contributed by atoms with E-state index in [-0.39, 0.29) is 0 Å². The number of hydrogen-bond donors (Lipinski definition) is 1. The molecule has 3 nitrogen and oxygen atoms in total. The number of aromatic nitrogens is 2. The third kappa shape index (κ3) is 3.49. The molecule has 1 fully saturated rings. The molecule has 0 saturated heterocycles. The minimum absolute atomic E-state index is 0.468. The van der Waals surface area contributed by atoms with Crippen LogP contribution in [0.25, 0.3) is 0 Å². The smallest absolute Gasteiger partial charge is 0.121 e. The summed E-state index contributed by atoms with van der Waals surface area (Å²) in [6.45, 7) is 10.1. The van der Waals surface area contributed by atoms with Gasteiger partial charge in [0.25, 0.3) is 0 Å². The Kier molecular flexibility index (Phi) is 3.83. The lowest BCUT2D eigenvalue weighted by molar-refractivity contribution is 0.569. The van der Waals surface area contributed by atoms with Crippen LogP contribution in [0.15, 0.2) is 0 Å². The number of nitrogens with zero attached hydrogens (tertiary/aromatic N) is 2. The molecular formula is C13H23N3S. The summed E-state index contributed by atoms with van der Waals surface area (Å²) in [6.07, 6.45) is 3.49. The first-order valence-electron chi connectivity index (χ1n) is 6.55. The van der Waals surface area contributed by atoms with Crippen molar-refractivity contribution in [2.45, 2.75) is 58.9 Å². The molecule has 4 heteroatoms. The summed E-state index contributed by atoms with van der Waals surface area (Å²) in [6, 6.07) is 0.576. The van der Waals surface area contributed by atoms with E-state index in [4.69, 9.17) is 0 Å². The van der Waals surface area contributed by atoms with Gasteiger partial charge < -0.3 is 5.32 Å². The monoisotopic (exact) mass is 253 g/mol. The average molecular weight is 253 g/mol. The van der Waals surface area contributed by atoms with Crippen LogP contribution in [0.5, 0.6) is 0 Å². The van der Waals surface area contributed by atoms with Crippen LogP contribution < -0.4 is 5.32 Å². The molecule has 17 heavy (non-hydrogen) atoms. The number of nitrogens with one attached hydrogen (secondary N) is 1. The summed E-state index contributed by atoms with van der Waals surface area (Å²) < 4.78 is 0. The van der Waals surface area contributed by atoms with Crippen molar-refractivity contribution >= 4 is 11.3 Å². The van der Waals surface area contributed by atoms with Crippen molar-refractivity contribution in [2.75, 3.05) is 6.54 Å². The Morgan fingerprint density at radius 3 is 2.71 bits per heavy atom. The summed E-state index contributed by atoms with van der Waals surface area (Å²) in [5.74, 6) is 0.669. The molecule has 1 aromatic rings. The quantitative estimate of drug-likeness (QED) is 0.792. The van der Waals surface area contributed by atoms with Gasteiger partial charge in [0.1, 0.15) is 10.0 Å². The fraction of sp³-hybridized carbons (Fsp3) is 0.846. The Labute approximate surface area is 108 Å². The summed E-state index contributed by atoms with van der Waals surface area (Å²) in [5.41, 5.74) is 0.468. The lowest BCUT2D eigenvalue weighted by Gasteiger charge is -2.05. The molecule has 0 amide bonds. The van der Waals surface area contributed by atoms with Crippen LogP contribution >= 0.6 is 11.3 Å². The van der Waals surface area contributed by atoms with Crippen LogP contribution in [-0.2, 0) is 6.42 Å². The zero-order chi connectivity index (χ0) is 12.5. The first kappa shape index (κ1) is 13.0. The van der Waals surface area contributed by atoms with E-state index >= 15 is 0 Å². The third-order valence-corrected chi connectivity index (χ3v) is 4.51. The molecule has 1 unspecified atom stereocenters. The van der Waals surface area contributed by atoms with E-state index in [0.717, 1.165) is 19.4 Å². The van der Waals surface area contributed by atoms with Gasteiger partial charge in [-0.05, 0) is 24.8 Å². The molecule has 96 valence electrons. The van der Waals surface area contributed by atoms with Gasteiger partial charge in [0.15, 0.2) is 0 Å². The van der Waals surface area contributed by atoms with Crippen LogP contribution in [0.2, 0.25) is 0 Å². The summed E-state index contributed by atoms with van der Waals surface area (Å²) >= 11 is 1.81. The van der Waals surface area contributed by atoms with Gasteiger partial charge in [-0.1, -0.05) is 27.7 Å². The molecule has 0 aliphatic heterocycles. The van der Waals surface area contributed by atoms with E-state index in [2.05, 4.69) is 43.2 Å². The lowest BCUT2D eigenvalue weighted by atomic mass is 10.1. The second-order valence-electron chi connectivity index (χ2n) is 5.99. The van der Waals surface area contributed by atoms with Gasteiger partial charge in [0.05, 0.1) is 0 Å². The largest absolute Gasteiger partial charge is 0.315 e. The number of rotatable bonds is 6. The first-order chi connectivity index (χ1) is 7.99. The van der Waals surface area contributed by atoms with Gasteiger partial charge in [0, 0.05) is 18.4 Å². The summed E-state index contributed by atoms with van der Waals surface area (Å²) in [5, 5.41) is 14.5. The van der Waals surface area contributed by atoms with Crippen molar-refractivity contribution in [3.8, 4) is 0 Å². The van der Waals surface area contributed by atoms with E-state index in [0.29, 0.717) is 17.4 Å². The highest BCUT2D eigenvalue weighted by atomic mass is 32.1. The van der Waals surface area contributed by atoms with Gasteiger partial charge in [0.2, 0.25) is 0 Å². The molecular weight excluding hydrogens is 230 g/mol. The molecule has 1 atom stereocenters. The number of hydrogen-bond acceptors (Lipinski definition) is 4. The predicted octanol–water partition coefficient (Wildman–Crippen LogP) is 2.98. The van der Waals surface area contributed by atoms with E-state index in [9.17, 15) is 0 Å². The van der Waals surface area contributed by atoms with Crippen molar-refractivity contribution in [3.63, 3.8) is 0 Å². The minimum atomic E-state index is 0.468. The molecule has 0 spiro atoms. The predicted molar refractivity (Wildman–Crippen MR) is 72.5 cm³/mol. The molecule has 1 aliphatic carbocycles. The second-order valence-corrected chi connectivity index (χ2v) is 7.09. The van der Waals surface area contributed by atoms with E-state index in [1.807, 2.05) is 11.3 Å². The maximum absolute atomic E-state index is 4.34. The Bertz CT molecular complexity index is 370. The fourth-order valence-corrected chi connectivity index (χ4v) is 3.22. The highest BCUT2D eigenvalue weighted by molar-refractivity contribution is 7.11. The van der Waals surface area contributed by atoms with Crippen LogP contribution in [-0.4, -0.2) is 22.8 Å². The highest BCUT2D eigenvalue weighted by Gasteiger charge is 2.48. The SMILES string of the molecule is CC(C)NCCCc1nnc(C2CC2(C)C)s1. The van der Waals surface area contributed by atoms with Crippen LogP contribution in [0, 0.1) is 5.41 Å². The molecule has 1 saturated carbocycles. The molecule has 1 N–H and O–H groups in total. The molecule has 1 aliphatic rings. The standard InChI is InChI=1S/C13H23N3S/c1-9(2)14-7-5-6-11-15-16-12(17-11)10-8-13(10,3)4/h9-10,14H,5-8H2,1-4H3. The van der Waals surface area contributed by atoms with Crippen molar-refractivity contribution < 1.29 is 0 Å². The summed E-state index contributed by atoms with van der Waals surface area (Å²) in [7, 11) is 0. The first-order valence-corrected chi connectivity index (χ1v) is 7.36. The molecule has 0 radical (unpaired) electrons. The Morgan fingerprint density at radius 2 is 2.12 bits per heavy atom. The number of aryl methyl sites for hydroxylation is 1. The van der Waals surface area contributed by atoms with Gasteiger partial charge >= 0.3 is 0 Å². The molecule has 1 heterocycles. The molecule has 2 rings (SSSR count). The Balaban J connectivity index is 1.75. The van der Waals surface area contributed by atoms with E-state index < -0.39 is 0 Å². The second kappa shape index (κ2) is 5.02. The average Bonchev–Trinajstić information content (AvgIpc) is 2.71. The maximum Gasteiger partial charge on any atom is 0.121 e. The topological polar surface area (TPSA) is 37.8 Å². The van der Waals surface area contributed by atoms with E-state index in [1.165, 1.54) is 16.4 Å². The van der Waals surface area contributed by atoms with Gasteiger partial charge in [-0.15, -0.1) is 21.5 Å². The third-order valence-electron chi connectivity index (χ3n) is 3.41. The van der Waals surface area contributed by atoms with Crippen molar-refractivity contribution in [1.82, 2.24) is 15.5 Å². The zero-order valence-corrected chi connectivity index (χ0v) is 12.1. The molecule has 1 aromatic heterocycles. The van der Waals surface area contributed by atoms with Crippen LogP contribution in [0.4, 0.5) is 0 Å². The Hall–Kier alpha value is -0.480. The maximum atomic E-state index is 4.34. The molecule has 0 bridgehead atoms. The fourth-order valence-electron chi connectivity index (χ4n) is 2.03. The minimum Gasteiger partial charge on any atom is -0.315 e. The van der Waals surface area contributed by atoms with Crippen LogP contribution in [0.1, 0.15) is 56.5 Å². The molecule has 0 aromatic carbocycles. The van der Waals surface area contributed by atoms with Crippen molar-refractivity contribution in [3.05, 3.63) is 10.0 Å². The highest BCUT2D eigenvalue weighted by Crippen LogP contribution is 2.58. The Morgan fingerprint density at radius 1 is 1.41 bits per heavy atom. The van der Waals surface area contributed by atoms with Gasteiger partial charge in [-0.25, -0.2) is 0 Å². The van der Waals surface area contributed by atoms with Crippen LogP contribution in [0.3, 0.4) is 0 Å². The van der Waals surface area contributed by atoms with Gasteiger partial charge in [-0.3, -0.25) is 0 Å².